The highest BCUT2D eigenvalue weighted by Crippen LogP contribution is 2.25. The van der Waals surface area contributed by atoms with E-state index in [0.717, 1.165) is 0 Å². The van der Waals surface area contributed by atoms with Gasteiger partial charge in [0.05, 0.1) is 0 Å². The largest absolute Gasteiger partial charge is 0.405 e. The molecule has 0 unspecified atom stereocenters. The van der Waals surface area contributed by atoms with Gasteiger partial charge in [-0.05, 0) is 38.7 Å². The van der Waals surface area contributed by atoms with Crippen LogP contribution in [-0.2, 0) is 4.79 Å². The van der Waals surface area contributed by atoms with Crippen LogP contribution in [0, 0.1) is 12.8 Å². The van der Waals surface area contributed by atoms with Crippen LogP contribution in [0.25, 0.3) is 5.95 Å². The molecular weight excluding hydrogens is 389 g/mol. The molecule has 1 aliphatic carbocycles. The topological polar surface area (TPSA) is 102 Å². The van der Waals surface area contributed by atoms with E-state index in [9.17, 15) is 22.8 Å². The van der Waals surface area contributed by atoms with Crippen LogP contribution < -0.4 is 10.6 Å². The summed E-state index contributed by atoms with van der Waals surface area (Å²) in [6.07, 6.45) is 2.20. The maximum absolute atomic E-state index is 12.6. The lowest BCUT2D eigenvalue weighted by Gasteiger charge is -2.28. The van der Waals surface area contributed by atoms with Crippen LogP contribution >= 0.6 is 0 Å². The van der Waals surface area contributed by atoms with E-state index in [1.54, 1.807) is 30.0 Å². The molecule has 1 fully saturated rings. The zero-order valence-electron chi connectivity index (χ0n) is 15.7. The second kappa shape index (κ2) is 8.58. The molecule has 0 aliphatic heterocycles. The number of aromatic nitrogens is 4. The summed E-state index contributed by atoms with van der Waals surface area (Å²) in [5, 5.41) is 4.81. The predicted molar refractivity (Wildman–Crippen MR) is 96.2 cm³/mol. The van der Waals surface area contributed by atoms with E-state index in [4.69, 9.17) is 0 Å². The highest BCUT2D eigenvalue weighted by atomic mass is 19.4. The maximum atomic E-state index is 12.6. The van der Waals surface area contributed by atoms with Gasteiger partial charge in [0.15, 0.2) is 0 Å². The molecule has 1 saturated carbocycles. The van der Waals surface area contributed by atoms with Gasteiger partial charge in [0.25, 0.3) is 5.91 Å². The zero-order valence-corrected chi connectivity index (χ0v) is 15.7. The number of halogens is 3. The third-order valence-corrected chi connectivity index (χ3v) is 4.71. The van der Waals surface area contributed by atoms with Crippen molar-refractivity contribution < 1.29 is 22.8 Å². The van der Waals surface area contributed by atoms with Crippen molar-refractivity contribution in [2.45, 2.75) is 44.8 Å². The summed E-state index contributed by atoms with van der Waals surface area (Å²) in [6.45, 7) is 0.429. The molecule has 156 valence electrons. The van der Waals surface area contributed by atoms with Crippen molar-refractivity contribution in [2.24, 2.45) is 5.92 Å². The van der Waals surface area contributed by atoms with Crippen LogP contribution in [0.5, 0.6) is 0 Å². The molecule has 0 aromatic carbocycles. The van der Waals surface area contributed by atoms with E-state index < -0.39 is 24.5 Å². The summed E-state index contributed by atoms with van der Waals surface area (Å²) in [5.41, 5.74) is 0.838. The van der Waals surface area contributed by atoms with Gasteiger partial charge in [0.2, 0.25) is 11.9 Å². The Morgan fingerprint density at radius 3 is 2.55 bits per heavy atom. The Balaban J connectivity index is 1.54. The lowest BCUT2D eigenvalue weighted by molar-refractivity contribution is -0.141. The summed E-state index contributed by atoms with van der Waals surface area (Å²) in [7, 11) is 0. The smallest absolute Gasteiger partial charge is 0.348 e. The van der Waals surface area contributed by atoms with Gasteiger partial charge >= 0.3 is 6.18 Å². The minimum Gasteiger partial charge on any atom is -0.348 e. The van der Waals surface area contributed by atoms with Gasteiger partial charge in [0.1, 0.15) is 18.6 Å². The normalized spacial score (nSPS) is 19.6. The first-order valence-electron chi connectivity index (χ1n) is 9.20. The Bertz CT molecular complexity index is 861. The van der Waals surface area contributed by atoms with Crippen LogP contribution in [-0.4, -0.2) is 50.1 Å². The third kappa shape index (κ3) is 5.75. The van der Waals surface area contributed by atoms with Crippen molar-refractivity contribution >= 4 is 11.8 Å². The zero-order chi connectivity index (χ0) is 21.0. The number of carbonyl (C=O) groups excluding carboxylic acids is 2. The first kappa shape index (κ1) is 20.7. The number of carbonyl (C=O) groups is 2. The van der Waals surface area contributed by atoms with E-state index in [-0.39, 0.29) is 17.6 Å². The molecule has 3 rings (SSSR count). The Hall–Kier alpha value is -2.98. The van der Waals surface area contributed by atoms with Crippen LogP contribution in [0.15, 0.2) is 24.8 Å². The monoisotopic (exact) mass is 410 g/mol. The second-order valence-electron chi connectivity index (χ2n) is 7.02. The Labute approximate surface area is 164 Å². The number of nitrogens with one attached hydrogen (secondary N) is 2. The van der Waals surface area contributed by atoms with Crippen molar-refractivity contribution in [2.75, 3.05) is 6.54 Å². The molecule has 2 amide bonds. The average Bonchev–Trinajstić information content (AvgIpc) is 3.20. The lowest BCUT2D eigenvalue weighted by atomic mass is 9.85. The Kier molecular flexibility index (Phi) is 6.14. The summed E-state index contributed by atoms with van der Waals surface area (Å²) >= 11 is 0. The summed E-state index contributed by atoms with van der Waals surface area (Å²) in [6, 6.07) is 1.41. The predicted octanol–water partition coefficient (Wildman–Crippen LogP) is 1.94. The molecule has 0 bridgehead atoms. The molecule has 1 aliphatic rings. The molecule has 2 aromatic heterocycles. The Morgan fingerprint density at radius 1 is 1.21 bits per heavy atom. The van der Waals surface area contributed by atoms with Crippen molar-refractivity contribution in [3.05, 3.63) is 36.2 Å². The molecule has 2 N–H and O–H groups in total. The molecule has 2 heterocycles. The fraction of sp³-hybridized carbons (Fsp3) is 0.500. The van der Waals surface area contributed by atoms with Gasteiger partial charge in [-0.25, -0.2) is 15.0 Å². The number of nitrogens with zero attached hydrogens (tertiary/aromatic N) is 4. The van der Waals surface area contributed by atoms with Gasteiger partial charge in [-0.2, -0.15) is 13.2 Å². The maximum Gasteiger partial charge on any atom is 0.405 e. The first-order chi connectivity index (χ1) is 13.7. The van der Waals surface area contributed by atoms with Gasteiger partial charge in [-0.3, -0.25) is 14.2 Å². The van der Waals surface area contributed by atoms with Crippen molar-refractivity contribution in [1.82, 2.24) is 30.2 Å². The SMILES string of the molecule is Cc1cc(C(=O)N[C@H]2CC[C@H](C(=O)NCC(F)(F)F)CC2)nc(-n2ccnc2)n1. The molecule has 0 saturated heterocycles. The highest BCUT2D eigenvalue weighted by Gasteiger charge is 2.31. The number of rotatable bonds is 5. The molecule has 2 aromatic rings. The standard InChI is InChI=1S/C18H21F3N6O2/c1-11-8-14(26-17(24-11)27-7-6-22-10-27)16(29)25-13-4-2-12(3-5-13)15(28)23-9-18(19,20)21/h6-8,10,12-13H,2-5,9H2,1H3,(H,23,28)(H,25,29)/t12-,13-. The van der Waals surface area contributed by atoms with Gasteiger partial charge in [-0.1, -0.05) is 0 Å². The van der Waals surface area contributed by atoms with E-state index in [1.807, 2.05) is 5.32 Å². The van der Waals surface area contributed by atoms with E-state index in [0.29, 0.717) is 37.3 Å². The molecule has 8 nitrogen and oxygen atoms in total. The lowest BCUT2D eigenvalue weighted by Crippen LogP contribution is -2.42. The first-order valence-corrected chi connectivity index (χ1v) is 9.20. The van der Waals surface area contributed by atoms with Crippen LogP contribution in [0.4, 0.5) is 13.2 Å². The molecular formula is C18H21F3N6O2. The molecule has 0 spiro atoms. The van der Waals surface area contributed by atoms with Crippen LogP contribution in [0.3, 0.4) is 0 Å². The van der Waals surface area contributed by atoms with Gasteiger partial charge in [-0.15, -0.1) is 0 Å². The Morgan fingerprint density at radius 2 is 1.93 bits per heavy atom. The number of imidazole rings is 1. The number of hydrogen-bond acceptors (Lipinski definition) is 5. The molecule has 0 atom stereocenters. The van der Waals surface area contributed by atoms with Crippen LogP contribution in [0.1, 0.15) is 41.9 Å². The minimum absolute atomic E-state index is 0.166. The fourth-order valence-electron chi connectivity index (χ4n) is 3.25. The quantitative estimate of drug-likeness (QED) is 0.785. The minimum atomic E-state index is -4.42. The number of hydrogen-bond donors (Lipinski definition) is 2. The molecule has 29 heavy (non-hydrogen) atoms. The van der Waals surface area contributed by atoms with Crippen molar-refractivity contribution in [3.63, 3.8) is 0 Å². The summed E-state index contributed by atoms with van der Waals surface area (Å²) < 4.78 is 38.2. The van der Waals surface area contributed by atoms with Crippen molar-refractivity contribution in [3.8, 4) is 5.95 Å². The van der Waals surface area contributed by atoms with E-state index >= 15 is 0 Å². The highest BCUT2D eigenvalue weighted by molar-refractivity contribution is 5.92. The number of amides is 2. The van der Waals surface area contributed by atoms with Gasteiger partial charge < -0.3 is 10.6 Å². The molecule has 0 radical (unpaired) electrons. The second-order valence-corrected chi connectivity index (χ2v) is 7.02. The fourth-order valence-corrected chi connectivity index (χ4v) is 3.25. The van der Waals surface area contributed by atoms with Gasteiger partial charge in [0, 0.05) is 30.0 Å². The number of alkyl halides is 3. The average molecular weight is 410 g/mol. The van der Waals surface area contributed by atoms with Crippen molar-refractivity contribution in [1.29, 1.82) is 0 Å². The molecule has 11 heteroatoms. The number of aryl methyl sites for hydroxylation is 1. The third-order valence-electron chi connectivity index (χ3n) is 4.71. The summed E-state index contributed by atoms with van der Waals surface area (Å²) in [4.78, 5) is 36.9. The van der Waals surface area contributed by atoms with E-state index in [1.165, 1.54) is 6.33 Å². The van der Waals surface area contributed by atoms with Crippen LogP contribution in [0.2, 0.25) is 0 Å². The summed E-state index contributed by atoms with van der Waals surface area (Å²) in [5.74, 6) is -1.09. The van der Waals surface area contributed by atoms with E-state index in [2.05, 4.69) is 20.3 Å².